The van der Waals surface area contributed by atoms with E-state index in [0.717, 1.165) is 42.3 Å². The Labute approximate surface area is 213 Å². The monoisotopic (exact) mass is 498 g/mol. The third-order valence-corrected chi connectivity index (χ3v) is 6.48. The van der Waals surface area contributed by atoms with Gasteiger partial charge in [-0.2, -0.15) is 0 Å². The molecular weight excluding hydrogens is 460 g/mol. The molecule has 2 aromatic rings. The number of carboxylic acid groups (broad SMARTS) is 2. The molecule has 4 N–H and O–H groups in total. The fourth-order valence-corrected chi connectivity index (χ4v) is 4.56. The van der Waals surface area contributed by atoms with Crippen molar-refractivity contribution >= 4 is 12.1 Å². The Kier molecular flexibility index (Phi) is 9.44. The molecule has 2 atom stereocenters. The van der Waals surface area contributed by atoms with Crippen molar-refractivity contribution in [3.8, 4) is 0 Å². The quantitative estimate of drug-likeness (QED) is 0.259. The van der Waals surface area contributed by atoms with Crippen molar-refractivity contribution in [1.29, 1.82) is 0 Å². The molecule has 0 aromatic heterocycles. The Balaban J connectivity index is 1.63. The number of rotatable bonds is 10. The van der Waals surface area contributed by atoms with E-state index in [0.29, 0.717) is 13.2 Å². The van der Waals surface area contributed by atoms with E-state index in [4.69, 9.17) is 15.7 Å². The lowest BCUT2D eigenvalue weighted by molar-refractivity contribution is -0.158. The molecule has 9 heteroatoms. The summed E-state index contributed by atoms with van der Waals surface area (Å²) in [6.45, 7) is 10.3. The minimum Gasteiger partial charge on any atom is -0.479 e. The van der Waals surface area contributed by atoms with Crippen LogP contribution in [0.3, 0.4) is 0 Å². The largest absolute Gasteiger partial charge is 0.479 e. The van der Waals surface area contributed by atoms with Crippen LogP contribution in [-0.4, -0.2) is 82.5 Å². The van der Waals surface area contributed by atoms with Gasteiger partial charge in [-0.05, 0) is 22.1 Å². The first kappa shape index (κ1) is 27.6. The predicted molar refractivity (Wildman–Crippen MR) is 137 cm³/mol. The van der Waals surface area contributed by atoms with Gasteiger partial charge in [0.1, 0.15) is 0 Å². The van der Waals surface area contributed by atoms with Crippen LogP contribution in [0.4, 0.5) is 4.79 Å². The Morgan fingerprint density at radius 2 is 1.56 bits per heavy atom. The minimum atomic E-state index is -1.17. The Bertz CT molecular complexity index is 985. The number of hydrazine groups is 1. The molecule has 9 nitrogen and oxygen atoms in total. The third kappa shape index (κ3) is 7.51. The summed E-state index contributed by atoms with van der Waals surface area (Å²) in [4.78, 5) is 27.3. The number of nitrogens with zero attached hydrogens (tertiary/aromatic N) is 3. The molecular formula is C27H38N4O5. The molecule has 36 heavy (non-hydrogen) atoms. The molecule has 2 aromatic carbocycles. The molecule has 0 radical (unpaired) electrons. The molecule has 1 aliphatic rings. The lowest BCUT2D eigenvalue weighted by atomic mass is 9.89. The Morgan fingerprint density at radius 1 is 0.972 bits per heavy atom. The van der Waals surface area contributed by atoms with Gasteiger partial charge < -0.3 is 14.9 Å². The van der Waals surface area contributed by atoms with Gasteiger partial charge in [0.2, 0.25) is 0 Å². The highest BCUT2D eigenvalue weighted by atomic mass is 16.5. The van der Waals surface area contributed by atoms with Crippen LogP contribution in [-0.2, 0) is 16.1 Å². The van der Waals surface area contributed by atoms with Crippen LogP contribution >= 0.6 is 0 Å². The summed E-state index contributed by atoms with van der Waals surface area (Å²) < 4.78 is 5.73. The van der Waals surface area contributed by atoms with Gasteiger partial charge in [-0.25, -0.2) is 20.4 Å². The second kappa shape index (κ2) is 12.3. The standard InChI is InChI=1S/C27H38N4O5/c1-27(2,3)24(25(32)33)36-18-17-29-13-15-30(16-14-29)23(21-7-5-4-6-8-21)22-11-9-20(10-12-22)19-31(28)26(34)35/h4-12,23-24H,13-19,28H2,1-3H3,(H,32,33)(H,34,35). The van der Waals surface area contributed by atoms with E-state index in [1.165, 1.54) is 5.56 Å². The fraction of sp³-hybridized carbons (Fsp3) is 0.481. The predicted octanol–water partition coefficient (Wildman–Crippen LogP) is 3.26. The van der Waals surface area contributed by atoms with E-state index in [-0.39, 0.29) is 12.6 Å². The van der Waals surface area contributed by atoms with Crippen molar-refractivity contribution in [2.45, 2.75) is 39.5 Å². The van der Waals surface area contributed by atoms with Crippen LogP contribution < -0.4 is 5.84 Å². The molecule has 1 aliphatic heterocycles. The first-order valence-corrected chi connectivity index (χ1v) is 12.3. The number of nitrogens with two attached hydrogens (primary N) is 1. The van der Waals surface area contributed by atoms with Gasteiger partial charge in [0.25, 0.3) is 0 Å². The normalized spacial score (nSPS) is 16.9. The van der Waals surface area contributed by atoms with Crippen LogP contribution in [0, 0.1) is 5.41 Å². The Morgan fingerprint density at radius 3 is 2.08 bits per heavy atom. The summed E-state index contributed by atoms with van der Waals surface area (Å²) in [7, 11) is 0. The van der Waals surface area contributed by atoms with Gasteiger partial charge in [0.15, 0.2) is 6.10 Å². The van der Waals surface area contributed by atoms with Crippen molar-refractivity contribution < 1.29 is 24.5 Å². The SMILES string of the molecule is CC(C)(C)C(OCCN1CCN(C(c2ccccc2)c2ccc(CN(N)C(=O)O)cc2)CC1)C(=O)O. The summed E-state index contributed by atoms with van der Waals surface area (Å²) >= 11 is 0. The lowest BCUT2D eigenvalue weighted by Gasteiger charge is -2.40. The number of hydrogen-bond donors (Lipinski definition) is 3. The summed E-state index contributed by atoms with van der Waals surface area (Å²) in [5, 5.41) is 19.3. The number of amides is 1. The molecule has 0 saturated carbocycles. The minimum absolute atomic E-state index is 0.0735. The maximum absolute atomic E-state index is 11.5. The molecule has 0 spiro atoms. The molecule has 1 amide bonds. The number of ether oxygens (including phenoxy) is 1. The van der Waals surface area contributed by atoms with Gasteiger partial charge in [0, 0.05) is 32.7 Å². The number of hydrogen-bond acceptors (Lipinski definition) is 6. The van der Waals surface area contributed by atoms with Crippen molar-refractivity contribution in [3.63, 3.8) is 0 Å². The average Bonchev–Trinajstić information content (AvgIpc) is 2.83. The summed E-state index contributed by atoms with van der Waals surface area (Å²) in [6, 6.07) is 18.4. The van der Waals surface area contributed by atoms with Crippen molar-refractivity contribution in [3.05, 3.63) is 71.3 Å². The average molecular weight is 499 g/mol. The zero-order chi connectivity index (χ0) is 26.3. The second-order valence-electron chi connectivity index (χ2n) is 10.3. The first-order chi connectivity index (χ1) is 17.1. The van der Waals surface area contributed by atoms with E-state index < -0.39 is 23.6 Å². The van der Waals surface area contributed by atoms with E-state index in [1.54, 1.807) is 0 Å². The summed E-state index contributed by atoms with van der Waals surface area (Å²) in [5.74, 6) is 4.61. The van der Waals surface area contributed by atoms with E-state index in [9.17, 15) is 14.7 Å². The third-order valence-electron chi connectivity index (χ3n) is 6.48. The van der Waals surface area contributed by atoms with Crippen LogP contribution in [0.5, 0.6) is 0 Å². The smallest absolute Gasteiger partial charge is 0.421 e. The number of carboxylic acids is 1. The molecule has 2 unspecified atom stereocenters. The number of piperazine rings is 1. The number of carbonyl (C=O) groups is 2. The number of aliphatic carboxylic acids is 1. The molecule has 3 rings (SSSR count). The fourth-order valence-electron chi connectivity index (χ4n) is 4.56. The topological polar surface area (TPSA) is 120 Å². The van der Waals surface area contributed by atoms with Gasteiger partial charge in [-0.3, -0.25) is 9.80 Å². The van der Waals surface area contributed by atoms with Gasteiger partial charge in [-0.15, -0.1) is 0 Å². The summed E-state index contributed by atoms with van der Waals surface area (Å²) in [5.41, 5.74) is 2.70. The second-order valence-corrected chi connectivity index (χ2v) is 10.3. The van der Waals surface area contributed by atoms with Gasteiger partial charge in [0.05, 0.1) is 19.2 Å². The van der Waals surface area contributed by atoms with Crippen LogP contribution in [0.25, 0.3) is 0 Å². The van der Waals surface area contributed by atoms with Crippen LogP contribution in [0.1, 0.15) is 43.5 Å². The zero-order valence-electron chi connectivity index (χ0n) is 21.3. The highest BCUT2D eigenvalue weighted by Crippen LogP contribution is 2.30. The molecule has 0 bridgehead atoms. The van der Waals surface area contributed by atoms with Crippen molar-refractivity contribution in [2.24, 2.45) is 11.3 Å². The Hall–Kier alpha value is -2.98. The zero-order valence-corrected chi connectivity index (χ0v) is 21.3. The van der Waals surface area contributed by atoms with E-state index >= 15 is 0 Å². The van der Waals surface area contributed by atoms with E-state index in [1.807, 2.05) is 63.2 Å². The maximum atomic E-state index is 11.5. The first-order valence-electron chi connectivity index (χ1n) is 12.3. The highest BCUT2D eigenvalue weighted by molar-refractivity contribution is 5.73. The molecule has 1 heterocycles. The molecule has 1 saturated heterocycles. The van der Waals surface area contributed by atoms with Crippen LogP contribution in [0.2, 0.25) is 0 Å². The van der Waals surface area contributed by atoms with Crippen molar-refractivity contribution in [2.75, 3.05) is 39.3 Å². The van der Waals surface area contributed by atoms with Crippen molar-refractivity contribution in [1.82, 2.24) is 14.8 Å². The molecule has 1 fully saturated rings. The van der Waals surface area contributed by atoms with Crippen LogP contribution in [0.15, 0.2) is 54.6 Å². The lowest BCUT2D eigenvalue weighted by Crippen LogP contribution is -2.49. The van der Waals surface area contributed by atoms with Gasteiger partial charge in [-0.1, -0.05) is 75.4 Å². The highest BCUT2D eigenvalue weighted by Gasteiger charge is 2.32. The van der Waals surface area contributed by atoms with E-state index in [2.05, 4.69) is 21.9 Å². The maximum Gasteiger partial charge on any atom is 0.421 e. The molecule has 0 aliphatic carbocycles. The molecule has 196 valence electrons. The number of benzene rings is 2. The summed E-state index contributed by atoms with van der Waals surface area (Å²) in [6.07, 6.45) is -1.99. The van der Waals surface area contributed by atoms with Gasteiger partial charge >= 0.3 is 12.1 Å².